The van der Waals surface area contributed by atoms with Gasteiger partial charge in [-0.1, -0.05) is 24.9 Å². The van der Waals surface area contributed by atoms with Gasteiger partial charge in [0.25, 0.3) is 0 Å². The number of fused-ring (bicyclic) bond motifs is 3. The molecule has 2 aliphatic rings. The van der Waals surface area contributed by atoms with Gasteiger partial charge in [0.05, 0.1) is 36.3 Å². The summed E-state index contributed by atoms with van der Waals surface area (Å²) in [6, 6.07) is 5.85. The SMILES string of the molecule is COC(=O)N1c2ccc3c(nc([C@H](C)Cn4ccc(Cl)n4)n3[C@@H]3CCC[C@@H](C(=O)O)C3)c2CC[C@@H]1C. The smallest absolute Gasteiger partial charge is 0.414 e. The van der Waals surface area contributed by atoms with Crippen LogP contribution >= 0.6 is 11.6 Å². The zero-order valence-electron chi connectivity index (χ0n) is 20.9. The number of carbonyl (C=O) groups excluding carboxylic acids is 1. The number of nitrogens with zero attached hydrogens (tertiary/aromatic N) is 5. The number of ether oxygens (including phenoxy) is 1. The van der Waals surface area contributed by atoms with Crippen LogP contribution in [0.3, 0.4) is 0 Å². The van der Waals surface area contributed by atoms with E-state index in [1.807, 2.05) is 29.9 Å². The molecule has 192 valence electrons. The Balaban J connectivity index is 1.64. The largest absolute Gasteiger partial charge is 0.481 e. The molecule has 3 aromatic rings. The molecule has 2 aromatic heterocycles. The molecule has 0 unspecified atom stereocenters. The number of halogens is 1. The molecule has 3 heterocycles. The minimum atomic E-state index is -0.731. The summed E-state index contributed by atoms with van der Waals surface area (Å²) < 4.78 is 9.16. The van der Waals surface area contributed by atoms with Gasteiger partial charge in [0.1, 0.15) is 5.82 Å². The monoisotopic (exact) mass is 513 g/mol. The second-order valence-electron chi connectivity index (χ2n) is 10.1. The van der Waals surface area contributed by atoms with E-state index in [0.717, 1.165) is 53.8 Å². The molecular weight excluding hydrogens is 482 g/mol. The van der Waals surface area contributed by atoms with Gasteiger partial charge in [-0.25, -0.2) is 9.78 Å². The van der Waals surface area contributed by atoms with E-state index >= 15 is 0 Å². The maximum atomic E-state index is 12.6. The number of rotatable bonds is 5. The molecule has 1 aliphatic heterocycles. The number of carbonyl (C=O) groups is 2. The molecular formula is C26H32ClN5O4. The van der Waals surface area contributed by atoms with Gasteiger partial charge in [-0.3, -0.25) is 14.4 Å². The lowest BCUT2D eigenvalue weighted by atomic mass is 9.85. The zero-order chi connectivity index (χ0) is 25.6. The third-order valence-corrected chi connectivity index (χ3v) is 7.93. The molecule has 36 heavy (non-hydrogen) atoms. The van der Waals surface area contributed by atoms with E-state index in [2.05, 4.69) is 16.6 Å². The Hall–Kier alpha value is -3.07. The molecule has 0 radical (unpaired) electrons. The maximum Gasteiger partial charge on any atom is 0.414 e. The lowest BCUT2D eigenvalue weighted by Crippen LogP contribution is -2.42. The first kappa shape index (κ1) is 24.6. The first-order valence-electron chi connectivity index (χ1n) is 12.6. The average molecular weight is 514 g/mol. The van der Waals surface area contributed by atoms with Crippen molar-refractivity contribution < 1.29 is 19.4 Å². The Bertz CT molecular complexity index is 1300. The van der Waals surface area contributed by atoms with Gasteiger partial charge < -0.3 is 14.4 Å². The number of imidazole rings is 1. The second-order valence-corrected chi connectivity index (χ2v) is 10.5. The summed E-state index contributed by atoms with van der Waals surface area (Å²) in [7, 11) is 1.40. The number of amides is 1. The molecule has 1 amide bonds. The van der Waals surface area contributed by atoms with Crippen molar-refractivity contribution in [2.75, 3.05) is 12.0 Å². The van der Waals surface area contributed by atoms with Crippen LogP contribution in [-0.4, -0.2) is 49.7 Å². The van der Waals surface area contributed by atoms with Crippen molar-refractivity contribution in [3.8, 4) is 0 Å². The number of benzene rings is 1. The number of anilines is 1. The molecule has 0 saturated heterocycles. The second kappa shape index (κ2) is 9.76. The first-order chi connectivity index (χ1) is 17.3. The van der Waals surface area contributed by atoms with Crippen LogP contribution in [0.2, 0.25) is 5.15 Å². The number of hydrogen-bond donors (Lipinski definition) is 1. The predicted molar refractivity (Wildman–Crippen MR) is 137 cm³/mol. The van der Waals surface area contributed by atoms with Gasteiger partial charge in [0.15, 0.2) is 5.15 Å². The molecule has 0 bridgehead atoms. The lowest BCUT2D eigenvalue weighted by molar-refractivity contribution is -0.143. The van der Waals surface area contributed by atoms with Crippen molar-refractivity contribution in [1.82, 2.24) is 19.3 Å². The van der Waals surface area contributed by atoms with E-state index in [0.29, 0.717) is 24.5 Å². The molecule has 1 aliphatic carbocycles. The molecule has 1 N–H and O–H groups in total. The Kier molecular flexibility index (Phi) is 6.68. The summed E-state index contributed by atoms with van der Waals surface area (Å²) in [4.78, 5) is 31.4. The Morgan fingerprint density at radius 1 is 1.25 bits per heavy atom. The van der Waals surface area contributed by atoms with Crippen molar-refractivity contribution in [3.05, 3.63) is 40.9 Å². The molecule has 5 rings (SSSR count). The summed E-state index contributed by atoms with van der Waals surface area (Å²) in [6.07, 6.45) is 6.16. The fraction of sp³-hybridized carbons (Fsp3) is 0.538. The van der Waals surface area contributed by atoms with Crippen LogP contribution in [0.5, 0.6) is 0 Å². The van der Waals surface area contributed by atoms with E-state index < -0.39 is 5.97 Å². The van der Waals surface area contributed by atoms with Gasteiger partial charge in [-0.2, -0.15) is 5.10 Å². The van der Waals surface area contributed by atoms with E-state index in [1.54, 1.807) is 11.0 Å². The molecule has 1 saturated carbocycles. The molecule has 1 aromatic carbocycles. The maximum absolute atomic E-state index is 12.6. The molecule has 0 spiro atoms. The van der Waals surface area contributed by atoms with Crippen LogP contribution in [0.4, 0.5) is 10.5 Å². The van der Waals surface area contributed by atoms with Gasteiger partial charge >= 0.3 is 12.1 Å². The van der Waals surface area contributed by atoms with Crippen molar-refractivity contribution in [3.63, 3.8) is 0 Å². The number of aliphatic carboxylic acids is 1. The standard InChI is InChI=1S/C26H32ClN5O4/c1-15(14-30-12-11-22(27)29-30)24-28-23-19-8-7-16(2)31(26(35)36-3)20(19)9-10-21(23)32(24)18-6-4-5-17(13-18)25(33)34/h9-12,15-18H,4-8,13-14H2,1-3H3,(H,33,34)/t15-,16+,17-,18-/m1/s1. The highest BCUT2D eigenvalue weighted by molar-refractivity contribution is 6.29. The van der Waals surface area contributed by atoms with Gasteiger partial charge in [-0.05, 0) is 57.2 Å². The van der Waals surface area contributed by atoms with Crippen LogP contribution in [-0.2, 0) is 22.5 Å². The molecule has 10 heteroatoms. The number of carboxylic acids is 1. The summed E-state index contributed by atoms with van der Waals surface area (Å²) in [6.45, 7) is 4.73. The van der Waals surface area contributed by atoms with E-state index in [-0.39, 0.29) is 30.0 Å². The number of hydrogen-bond acceptors (Lipinski definition) is 5. The quantitative estimate of drug-likeness (QED) is 0.489. The highest BCUT2D eigenvalue weighted by Crippen LogP contribution is 2.41. The number of methoxy groups -OCH3 is 1. The molecule has 1 fully saturated rings. The first-order valence-corrected chi connectivity index (χ1v) is 13.0. The predicted octanol–water partition coefficient (Wildman–Crippen LogP) is 5.41. The minimum absolute atomic E-state index is 0.00782. The van der Waals surface area contributed by atoms with Gasteiger partial charge in [0, 0.05) is 29.8 Å². The third-order valence-electron chi connectivity index (χ3n) is 7.72. The fourth-order valence-electron chi connectivity index (χ4n) is 5.95. The molecule has 4 atom stereocenters. The summed E-state index contributed by atoms with van der Waals surface area (Å²) >= 11 is 6.04. The summed E-state index contributed by atoms with van der Waals surface area (Å²) in [5, 5.41) is 14.5. The van der Waals surface area contributed by atoms with Gasteiger partial charge in [0.2, 0.25) is 0 Å². The van der Waals surface area contributed by atoms with Gasteiger partial charge in [-0.15, -0.1) is 0 Å². The van der Waals surface area contributed by atoms with E-state index in [4.69, 9.17) is 21.3 Å². The highest BCUT2D eigenvalue weighted by Gasteiger charge is 2.35. The fourth-order valence-corrected chi connectivity index (χ4v) is 6.10. The summed E-state index contributed by atoms with van der Waals surface area (Å²) in [5.74, 6) is -0.176. The van der Waals surface area contributed by atoms with Crippen LogP contribution in [0, 0.1) is 5.92 Å². The van der Waals surface area contributed by atoms with E-state index in [9.17, 15) is 14.7 Å². The Morgan fingerprint density at radius 2 is 2.06 bits per heavy atom. The summed E-state index contributed by atoms with van der Waals surface area (Å²) in [5.41, 5.74) is 3.74. The minimum Gasteiger partial charge on any atom is -0.481 e. The number of aryl methyl sites for hydroxylation is 1. The normalized spacial score (nSPS) is 22.9. The van der Waals surface area contributed by atoms with Crippen molar-refractivity contribution in [1.29, 1.82) is 0 Å². The Labute approximate surface area is 215 Å². The number of aromatic nitrogens is 4. The average Bonchev–Trinajstić information content (AvgIpc) is 3.46. The van der Waals surface area contributed by atoms with Crippen LogP contribution < -0.4 is 4.90 Å². The van der Waals surface area contributed by atoms with Crippen molar-refractivity contribution in [2.45, 2.75) is 76.9 Å². The van der Waals surface area contributed by atoms with E-state index in [1.165, 1.54) is 7.11 Å². The molecule has 9 nitrogen and oxygen atoms in total. The van der Waals surface area contributed by atoms with Crippen LogP contribution in [0.15, 0.2) is 24.4 Å². The van der Waals surface area contributed by atoms with Crippen molar-refractivity contribution >= 4 is 40.4 Å². The topological polar surface area (TPSA) is 102 Å². The zero-order valence-corrected chi connectivity index (χ0v) is 21.6. The highest BCUT2D eigenvalue weighted by atomic mass is 35.5. The lowest BCUT2D eigenvalue weighted by Gasteiger charge is -2.34. The number of carboxylic acid groups (broad SMARTS) is 1. The third kappa shape index (κ3) is 4.34. The van der Waals surface area contributed by atoms with Crippen LogP contribution in [0.1, 0.15) is 69.3 Å². The van der Waals surface area contributed by atoms with Crippen molar-refractivity contribution in [2.24, 2.45) is 5.92 Å². The Morgan fingerprint density at radius 3 is 2.75 bits per heavy atom. The van der Waals surface area contributed by atoms with Crippen LogP contribution in [0.25, 0.3) is 11.0 Å².